The quantitative estimate of drug-likeness (QED) is 0.607. The Balaban J connectivity index is 2.54. The van der Waals surface area contributed by atoms with Gasteiger partial charge in [-0.3, -0.25) is 9.36 Å². The molecule has 2 aromatic rings. The van der Waals surface area contributed by atoms with Gasteiger partial charge in [-0.25, -0.2) is 4.79 Å². The van der Waals surface area contributed by atoms with Crippen molar-refractivity contribution in [2.75, 3.05) is 6.61 Å². The summed E-state index contributed by atoms with van der Waals surface area (Å²) < 4.78 is 6.21. The van der Waals surface area contributed by atoms with Gasteiger partial charge < -0.3 is 14.8 Å². The molecule has 0 spiro atoms. The third-order valence-electron chi connectivity index (χ3n) is 3.22. The highest BCUT2D eigenvalue weighted by molar-refractivity contribution is 6.58. The van der Waals surface area contributed by atoms with Crippen LogP contribution in [0, 0.1) is 0 Å². The first-order chi connectivity index (χ1) is 10.9. The maximum Gasteiger partial charge on any atom is 0.488 e. The number of nitrogens with zero attached hydrogens (tertiary/aromatic N) is 1. The van der Waals surface area contributed by atoms with Crippen LogP contribution in [0.15, 0.2) is 47.4 Å². The van der Waals surface area contributed by atoms with E-state index in [2.05, 4.69) is 0 Å². The van der Waals surface area contributed by atoms with Crippen LogP contribution in [0.2, 0.25) is 5.02 Å². The number of aromatic nitrogens is 1. The Bertz CT molecular complexity index is 762. The van der Waals surface area contributed by atoms with Crippen molar-refractivity contribution >= 4 is 30.2 Å². The van der Waals surface area contributed by atoms with E-state index in [0.29, 0.717) is 10.6 Å². The molecule has 0 saturated carbocycles. The number of rotatable bonds is 5. The molecule has 0 bridgehead atoms. The summed E-state index contributed by atoms with van der Waals surface area (Å²) in [5, 5.41) is 18.7. The highest BCUT2D eigenvalue weighted by Gasteiger charge is 2.26. The zero-order valence-electron chi connectivity index (χ0n) is 12.3. The Morgan fingerprint density at radius 3 is 2.65 bits per heavy atom. The zero-order valence-corrected chi connectivity index (χ0v) is 13.1. The van der Waals surface area contributed by atoms with E-state index < -0.39 is 24.7 Å². The molecule has 6 nitrogen and oxygen atoms in total. The molecule has 0 aliphatic rings. The first kappa shape index (κ1) is 17.3. The average molecular weight is 336 g/mol. The van der Waals surface area contributed by atoms with Gasteiger partial charge in [0.15, 0.2) is 6.04 Å². The van der Waals surface area contributed by atoms with Crippen LogP contribution in [-0.2, 0) is 9.53 Å². The van der Waals surface area contributed by atoms with E-state index in [0.717, 1.165) is 10.6 Å². The smallest absolute Gasteiger partial charge is 0.464 e. The van der Waals surface area contributed by atoms with Crippen molar-refractivity contribution in [3.05, 3.63) is 63.5 Å². The number of carbonyl (C=O) groups excluding carboxylic acids is 1. The maximum atomic E-state index is 12.3. The van der Waals surface area contributed by atoms with Crippen molar-refractivity contribution in [3.63, 3.8) is 0 Å². The highest BCUT2D eigenvalue weighted by Crippen LogP contribution is 2.21. The summed E-state index contributed by atoms with van der Waals surface area (Å²) in [5.74, 6) is -0.603. The summed E-state index contributed by atoms with van der Waals surface area (Å²) in [5.41, 5.74) is -0.0241. The first-order valence-electron chi connectivity index (χ1n) is 6.94. The molecule has 0 aliphatic carbocycles. The second-order valence-electron chi connectivity index (χ2n) is 4.79. The molecule has 0 amide bonds. The number of halogens is 1. The number of hydrogen-bond acceptors (Lipinski definition) is 5. The lowest BCUT2D eigenvalue weighted by Crippen LogP contribution is -2.38. The van der Waals surface area contributed by atoms with Crippen LogP contribution in [0.1, 0.15) is 18.5 Å². The van der Waals surface area contributed by atoms with Crippen molar-refractivity contribution in [1.82, 2.24) is 4.57 Å². The molecule has 1 atom stereocenters. The van der Waals surface area contributed by atoms with Gasteiger partial charge in [0.1, 0.15) is 0 Å². The van der Waals surface area contributed by atoms with Gasteiger partial charge in [-0.15, -0.1) is 0 Å². The van der Waals surface area contributed by atoms with Crippen LogP contribution < -0.4 is 11.0 Å². The number of hydrogen-bond donors (Lipinski definition) is 2. The molecule has 2 N–H and O–H groups in total. The third kappa shape index (κ3) is 4.01. The molecule has 8 heteroatoms. The number of benzene rings is 1. The fraction of sp³-hybridized carbons (Fsp3) is 0.200. The van der Waals surface area contributed by atoms with Crippen molar-refractivity contribution in [2.24, 2.45) is 0 Å². The van der Waals surface area contributed by atoms with Crippen LogP contribution in [0.25, 0.3) is 0 Å². The van der Waals surface area contributed by atoms with Crippen LogP contribution in [0.3, 0.4) is 0 Å². The summed E-state index contributed by atoms with van der Waals surface area (Å²) in [6.07, 6.45) is 1.32. The summed E-state index contributed by atoms with van der Waals surface area (Å²) in [7, 11) is -1.76. The SMILES string of the molecule is CCOC(=O)C(c1cccc(Cl)c1)n1ccc(B(O)O)cc1=O. The second kappa shape index (κ2) is 7.46. The number of pyridine rings is 1. The maximum absolute atomic E-state index is 12.3. The van der Waals surface area contributed by atoms with Gasteiger partial charge in [0.25, 0.3) is 5.56 Å². The van der Waals surface area contributed by atoms with Crippen LogP contribution in [0.4, 0.5) is 0 Å². The normalized spacial score (nSPS) is 11.8. The van der Waals surface area contributed by atoms with Gasteiger partial charge in [0, 0.05) is 17.3 Å². The molecule has 23 heavy (non-hydrogen) atoms. The Morgan fingerprint density at radius 1 is 1.35 bits per heavy atom. The van der Waals surface area contributed by atoms with E-state index in [1.54, 1.807) is 31.2 Å². The third-order valence-corrected chi connectivity index (χ3v) is 3.46. The Kier molecular flexibility index (Phi) is 5.60. The molecular weight excluding hydrogens is 320 g/mol. The summed E-state index contributed by atoms with van der Waals surface area (Å²) in [4.78, 5) is 24.6. The van der Waals surface area contributed by atoms with Gasteiger partial charge in [-0.2, -0.15) is 0 Å². The average Bonchev–Trinajstić information content (AvgIpc) is 2.49. The number of carbonyl (C=O) groups is 1. The Morgan fingerprint density at radius 2 is 2.09 bits per heavy atom. The largest absolute Gasteiger partial charge is 0.488 e. The molecule has 1 aromatic heterocycles. The van der Waals surface area contributed by atoms with E-state index in [-0.39, 0.29) is 12.1 Å². The van der Waals surface area contributed by atoms with Gasteiger partial charge in [-0.05, 0) is 36.1 Å². The van der Waals surface area contributed by atoms with Gasteiger partial charge >= 0.3 is 13.1 Å². The molecule has 0 radical (unpaired) electrons. The summed E-state index contributed by atoms with van der Waals surface area (Å²) >= 11 is 5.96. The van der Waals surface area contributed by atoms with Gasteiger partial charge in [0.2, 0.25) is 0 Å². The van der Waals surface area contributed by atoms with E-state index >= 15 is 0 Å². The van der Waals surface area contributed by atoms with E-state index in [9.17, 15) is 9.59 Å². The molecule has 1 aromatic carbocycles. The minimum Gasteiger partial charge on any atom is -0.464 e. The van der Waals surface area contributed by atoms with E-state index in [1.165, 1.54) is 12.3 Å². The molecule has 0 aliphatic heterocycles. The topological polar surface area (TPSA) is 88.8 Å². The fourth-order valence-corrected chi connectivity index (χ4v) is 2.39. The molecule has 0 fully saturated rings. The molecule has 120 valence electrons. The molecule has 2 rings (SSSR count). The number of ether oxygens (including phenoxy) is 1. The van der Waals surface area contributed by atoms with Gasteiger partial charge in [-0.1, -0.05) is 23.7 Å². The molecule has 1 unspecified atom stereocenters. The highest BCUT2D eigenvalue weighted by atomic mass is 35.5. The predicted octanol–water partition coefficient (Wildman–Crippen LogP) is 0.334. The van der Waals surface area contributed by atoms with Crippen molar-refractivity contribution in [2.45, 2.75) is 13.0 Å². The van der Waals surface area contributed by atoms with Crippen LogP contribution in [-0.4, -0.2) is 34.3 Å². The lowest BCUT2D eigenvalue weighted by Gasteiger charge is -2.19. The number of esters is 1. The van der Waals surface area contributed by atoms with Crippen LogP contribution in [0.5, 0.6) is 0 Å². The van der Waals surface area contributed by atoms with Crippen molar-refractivity contribution in [1.29, 1.82) is 0 Å². The minimum atomic E-state index is -1.76. The minimum absolute atomic E-state index is 0.0416. The molecular formula is C15H15BClNO5. The van der Waals surface area contributed by atoms with Crippen molar-refractivity contribution in [3.8, 4) is 0 Å². The summed E-state index contributed by atoms with van der Waals surface area (Å²) in [6, 6.07) is 7.96. The molecule has 1 heterocycles. The standard InChI is InChI=1S/C15H15BClNO5/c1-2-23-15(20)14(10-4-3-5-12(17)8-10)18-7-6-11(16(21)22)9-13(18)19/h3-9,14,21-22H,2H2,1H3. The van der Waals surface area contributed by atoms with Crippen molar-refractivity contribution < 1.29 is 19.6 Å². The monoisotopic (exact) mass is 335 g/mol. The lowest BCUT2D eigenvalue weighted by molar-refractivity contribution is -0.145. The van der Waals surface area contributed by atoms with Gasteiger partial charge in [0.05, 0.1) is 6.61 Å². The van der Waals surface area contributed by atoms with E-state index in [4.69, 9.17) is 26.4 Å². The fourth-order valence-electron chi connectivity index (χ4n) is 2.19. The predicted molar refractivity (Wildman–Crippen MR) is 86.8 cm³/mol. The Labute approximate surface area is 138 Å². The Hall–Kier alpha value is -2.09. The molecule has 0 saturated heterocycles. The van der Waals surface area contributed by atoms with Crippen LogP contribution >= 0.6 is 11.6 Å². The van der Waals surface area contributed by atoms with E-state index in [1.807, 2.05) is 0 Å². The zero-order chi connectivity index (χ0) is 17.0. The summed E-state index contributed by atoms with van der Waals surface area (Å²) in [6.45, 7) is 1.83. The lowest BCUT2D eigenvalue weighted by atomic mass is 9.81. The first-order valence-corrected chi connectivity index (χ1v) is 7.32. The second-order valence-corrected chi connectivity index (χ2v) is 5.23.